The third-order valence-corrected chi connectivity index (χ3v) is 5.85. The topological polar surface area (TPSA) is 54.4 Å². The largest absolute Gasteiger partial charge is 0.320 e. The van der Waals surface area contributed by atoms with Crippen LogP contribution in [0.3, 0.4) is 0 Å². The summed E-state index contributed by atoms with van der Waals surface area (Å²) in [5, 5.41) is -0.716. The Morgan fingerprint density at radius 2 is 1.77 bits per heavy atom. The van der Waals surface area contributed by atoms with Gasteiger partial charge in [0.2, 0.25) is 0 Å². The zero-order valence-corrected chi connectivity index (χ0v) is 14.6. The van der Waals surface area contributed by atoms with Crippen molar-refractivity contribution in [3.8, 4) is 0 Å². The second-order valence-corrected chi connectivity index (χ2v) is 7.75. The van der Waals surface area contributed by atoms with E-state index in [9.17, 15) is 8.42 Å². The third kappa shape index (κ3) is 5.23. The van der Waals surface area contributed by atoms with Crippen LogP contribution in [-0.2, 0) is 16.7 Å². The molecule has 0 aromatic heterocycles. The number of nitrogens with zero attached hydrogens (tertiary/aromatic N) is 1. The molecule has 0 saturated heterocycles. The lowest BCUT2D eigenvalue weighted by atomic mass is 10.1. The summed E-state index contributed by atoms with van der Waals surface area (Å²) in [7, 11) is -3.94. The maximum Gasteiger partial charge on any atom is 0.267 e. The van der Waals surface area contributed by atoms with Crippen molar-refractivity contribution in [3.63, 3.8) is 0 Å². The van der Waals surface area contributed by atoms with Crippen LogP contribution >= 0.6 is 0 Å². The smallest absolute Gasteiger partial charge is 0.267 e. The summed E-state index contributed by atoms with van der Waals surface area (Å²) < 4.78 is 32.3. The van der Waals surface area contributed by atoms with Gasteiger partial charge in [-0.15, -0.1) is 0 Å². The summed E-state index contributed by atoms with van der Waals surface area (Å²) in [6, 6.07) is 8.29. The van der Waals surface area contributed by atoms with E-state index in [1.54, 1.807) is 6.92 Å². The molecule has 124 valence electrons. The number of hydrogen-bond donors (Lipinski definition) is 1. The fraction of sp³-hybridized carbons (Fsp3) is 0.529. The number of benzene rings is 1. The van der Waals surface area contributed by atoms with Crippen LogP contribution in [0.15, 0.2) is 30.8 Å². The van der Waals surface area contributed by atoms with Crippen molar-refractivity contribution in [2.45, 2.75) is 39.0 Å². The Balaban J connectivity index is 2.83. The predicted molar refractivity (Wildman–Crippen MR) is 92.1 cm³/mol. The lowest BCUT2D eigenvalue weighted by molar-refractivity contribution is -0.937. The fourth-order valence-corrected chi connectivity index (χ4v) is 3.00. The lowest BCUT2D eigenvalue weighted by Gasteiger charge is -2.37. The summed E-state index contributed by atoms with van der Waals surface area (Å²) in [6.07, 6.45) is 2.28. The minimum absolute atomic E-state index is 0.464. The molecule has 0 aliphatic rings. The highest BCUT2D eigenvalue weighted by molar-refractivity contribution is 7.86. The molecule has 0 radical (unpaired) electrons. The molecule has 0 amide bonds. The normalized spacial score (nSPS) is 13.8. The van der Waals surface area contributed by atoms with Crippen LogP contribution in [0.5, 0.6) is 0 Å². The molecule has 0 aliphatic carbocycles. The maximum absolute atomic E-state index is 11.2. The summed E-state index contributed by atoms with van der Waals surface area (Å²) in [4.78, 5) is 0. The van der Waals surface area contributed by atoms with Crippen molar-refractivity contribution in [2.24, 2.45) is 0 Å². The molecule has 1 atom stereocenters. The zero-order chi connectivity index (χ0) is 16.8. The molecule has 5 heteroatoms. The molecule has 1 unspecified atom stereocenters. The van der Waals surface area contributed by atoms with E-state index in [-0.39, 0.29) is 0 Å². The molecule has 1 aromatic rings. The number of rotatable bonds is 9. The van der Waals surface area contributed by atoms with Crippen LogP contribution in [0.2, 0.25) is 0 Å². The molecule has 1 N–H and O–H groups in total. The van der Waals surface area contributed by atoms with Crippen molar-refractivity contribution in [3.05, 3.63) is 42.0 Å². The first kappa shape index (κ1) is 18.9. The minimum Gasteiger partial charge on any atom is -0.320 e. The van der Waals surface area contributed by atoms with Gasteiger partial charge in [-0.1, -0.05) is 36.9 Å². The van der Waals surface area contributed by atoms with Gasteiger partial charge in [-0.2, -0.15) is 8.42 Å². The van der Waals surface area contributed by atoms with Gasteiger partial charge < -0.3 is 4.48 Å². The van der Waals surface area contributed by atoms with E-state index in [0.717, 1.165) is 36.2 Å². The van der Waals surface area contributed by atoms with Crippen molar-refractivity contribution >= 4 is 16.2 Å². The van der Waals surface area contributed by atoms with Gasteiger partial charge in [-0.3, -0.25) is 4.55 Å². The standard InChI is InChI=1S/C17H27NO3S/c1-5-16-8-10-17(11-9-16)14-18(6-2,7-3)13-12-15(4)22(19,20)21/h5,8-11,15H,1,6-7,12-14H2,2-4H3/p+1. The first-order valence-electron chi connectivity index (χ1n) is 7.79. The van der Waals surface area contributed by atoms with E-state index in [1.807, 2.05) is 18.2 Å². The molecular weight excluding hydrogens is 298 g/mol. The molecule has 0 saturated carbocycles. The summed E-state index contributed by atoms with van der Waals surface area (Å²) in [5.41, 5.74) is 2.32. The lowest BCUT2D eigenvalue weighted by Crippen LogP contribution is -2.48. The van der Waals surface area contributed by atoms with E-state index >= 15 is 0 Å². The summed E-state index contributed by atoms with van der Waals surface area (Å²) in [5.74, 6) is 0. The SMILES string of the molecule is C=Cc1ccc(C[N+](CC)(CC)CCC(C)S(=O)(=O)O)cc1. The fourth-order valence-electron chi connectivity index (χ4n) is 2.59. The first-order valence-corrected chi connectivity index (χ1v) is 9.29. The Labute approximate surface area is 134 Å². The van der Waals surface area contributed by atoms with E-state index in [4.69, 9.17) is 4.55 Å². The van der Waals surface area contributed by atoms with Crippen LogP contribution in [0, 0.1) is 0 Å². The Kier molecular flexibility index (Phi) is 6.78. The van der Waals surface area contributed by atoms with Gasteiger partial charge >= 0.3 is 0 Å². The molecule has 0 fully saturated rings. The van der Waals surface area contributed by atoms with Crippen LogP contribution in [-0.4, -0.2) is 42.3 Å². The molecule has 0 heterocycles. The molecule has 1 rings (SSSR count). The highest BCUT2D eigenvalue weighted by Crippen LogP contribution is 2.18. The van der Waals surface area contributed by atoms with Gasteiger partial charge in [-0.05, 0) is 26.3 Å². The van der Waals surface area contributed by atoms with Gasteiger partial charge in [0.1, 0.15) is 6.54 Å². The van der Waals surface area contributed by atoms with Crippen LogP contribution in [0.25, 0.3) is 6.08 Å². The molecule has 0 aliphatic heterocycles. The summed E-state index contributed by atoms with van der Waals surface area (Å²) in [6.45, 7) is 13.0. The second kappa shape index (κ2) is 7.90. The van der Waals surface area contributed by atoms with Gasteiger partial charge in [0.25, 0.3) is 10.1 Å². The highest BCUT2D eigenvalue weighted by Gasteiger charge is 2.27. The number of hydrogen-bond acceptors (Lipinski definition) is 2. The predicted octanol–water partition coefficient (Wildman–Crippen LogP) is 3.35. The van der Waals surface area contributed by atoms with Gasteiger partial charge in [0.15, 0.2) is 0 Å². The molecule has 0 spiro atoms. The molecule has 22 heavy (non-hydrogen) atoms. The third-order valence-electron chi connectivity index (χ3n) is 4.59. The molecule has 1 aromatic carbocycles. The molecular formula is C17H28NO3S+. The summed E-state index contributed by atoms with van der Waals surface area (Å²) >= 11 is 0. The Bertz CT molecular complexity index is 574. The first-order chi connectivity index (χ1) is 10.3. The van der Waals surface area contributed by atoms with E-state index in [0.29, 0.717) is 6.42 Å². The van der Waals surface area contributed by atoms with Crippen LogP contribution < -0.4 is 0 Å². The van der Waals surface area contributed by atoms with Gasteiger partial charge in [-0.25, -0.2) is 0 Å². The average Bonchev–Trinajstić information content (AvgIpc) is 2.51. The van der Waals surface area contributed by atoms with E-state index in [2.05, 4.69) is 32.6 Å². The molecule has 4 nitrogen and oxygen atoms in total. The van der Waals surface area contributed by atoms with Gasteiger partial charge in [0.05, 0.1) is 24.9 Å². The van der Waals surface area contributed by atoms with Crippen molar-refractivity contribution < 1.29 is 17.5 Å². The van der Waals surface area contributed by atoms with Crippen molar-refractivity contribution in [1.82, 2.24) is 0 Å². The Morgan fingerprint density at radius 1 is 1.23 bits per heavy atom. The quantitative estimate of drug-likeness (QED) is 0.559. The minimum atomic E-state index is -3.94. The van der Waals surface area contributed by atoms with Crippen LogP contribution in [0.4, 0.5) is 0 Å². The van der Waals surface area contributed by atoms with E-state index < -0.39 is 15.4 Å². The molecule has 0 bridgehead atoms. The van der Waals surface area contributed by atoms with Gasteiger partial charge in [0, 0.05) is 12.0 Å². The van der Waals surface area contributed by atoms with E-state index in [1.165, 1.54) is 5.56 Å². The maximum atomic E-state index is 11.2. The van der Waals surface area contributed by atoms with Crippen LogP contribution in [0.1, 0.15) is 38.3 Å². The average molecular weight is 326 g/mol. The van der Waals surface area contributed by atoms with Crippen molar-refractivity contribution in [1.29, 1.82) is 0 Å². The number of quaternary nitrogens is 1. The highest BCUT2D eigenvalue weighted by atomic mass is 32.2. The second-order valence-electron chi connectivity index (χ2n) is 5.92. The van der Waals surface area contributed by atoms with Crippen molar-refractivity contribution in [2.75, 3.05) is 19.6 Å². The Morgan fingerprint density at radius 3 is 2.18 bits per heavy atom. The Hall–Kier alpha value is -1.17. The zero-order valence-electron chi connectivity index (χ0n) is 13.8. The monoisotopic (exact) mass is 326 g/mol.